The molecule has 0 bridgehead atoms. The Morgan fingerprint density at radius 1 is 1.23 bits per heavy atom. The van der Waals surface area contributed by atoms with Crippen LogP contribution < -0.4 is 24.0 Å². The number of ether oxygens (including phenoxy) is 2. The Morgan fingerprint density at radius 3 is 2.50 bits per heavy atom. The number of hydrogen-bond donors (Lipinski definition) is 0. The van der Waals surface area contributed by atoms with E-state index in [1.807, 2.05) is 0 Å². The van der Waals surface area contributed by atoms with Crippen molar-refractivity contribution in [1.82, 2.24) is 0 Å². The smallest absolute Gasteiger partial charge is 0.361 e. The third-order valence-electron chi connectivity index (χ3n) is 4.06. The maximum atomic E-state index is 11.9. The molecule has 4 nitrogen and oxygen atoms in total. The fourth-order valence-electron chi connectivity index (χ4n) is 2.52. The van der Waals surface area contributed by atoms with E-state index in [0.717, 1.165) is 43.6 Å². The minimum absolute atomic E-state index is 0. The van der Waals surface area contributed by atoms with Gasteiger partial charge in [0.25, 0.3) is 0 Å². The number of carbonyl (C=O) groups excluding carboxylic acids is 1. The number of carbonyl (C=O) groups is 1. The van der Waals surface area contributed by atoms with Crippen LogP contribution in [0.2, 0.25) is 0 Å². The molecule has 22 heavy (non-hydrogen) atoms. The van der Waals surface area contributed by atoms with Crippen molar-refractivity contribution >= 4 is 5.97 Å². The van der Waals surface area contributed by atoms with E-state index in [2.05, 4.69) is 38.2 Å². The Bertz CT molecular complexity index is 455. The SMILES string of the molecule is Cc1ccc(CCCOC(=O)C[N+]2(C)CCOCC2)cc1.[I-]. The van der Waals surface area contributed by atoms with Gasteiger partial charge >= 0.3 is 5.97 Å². The van der Waals surface area contributed by atoms with Crippen molar-refractivity contribution in [1.29, 1.82) is 0 Å². The molecule has 1 aromatic carbocycles. The molecule has 0 atom stereocenters. The van der Waals surface area contributed by atoms with Gasteiger partial charge in [-0.1, -0.05) is 29.8 Å². The van der Waals surface area contributed by atoms with Crippen molar-refractivity contribution in [3.8, 4) is 0 Å². The van der Waals surface area contributed by atoms with Crippen LogP contribution in [0.1, 0.15) is 17.5 Å². The van der Waals surface area contributed by atoms with Crippen LogP contribution in [-0.4, -0.2) is 57.0 Å². The molecule has 0 amide bonds. The summed E-state index contributed by atoms with van der Waals surface area (Å²) in [5, 5.41) is 0. The van der Waals surface area contributed by atoms with E-state index in [1.165, 1.54) is 11.1 Å². The van der Waals surface area contributed by atoms with Crippen molar-refractivity contribution in [3.05, 3.63) is 35.4 Å². The van der Waals surface area contributed by atoms with Crippen LogP contribution in [0.4, 0.5) is 0 Å². The molecule has 0 N–H and O–H groups in total. The lowest BCUT2D eigenvalue weighted by Gasteiger charge is -2.36. The van der Waals surface area contributed by atoms with Gasteiger partial charge in [0.2, 0.25) is 0 Å². The monoisotopic (exact) mass is 419 g/mol. The number of hydrogen-bond acceptors (Lipinski definition) is 3. The summed E-state index contributed by atoms with van der Waals surface area (Å²) in [5.41, 5.74) is 2.57. The molecule has 1 saturated heterocycles. The number of benzene rings is 1. The highest BCUT2D eigenvalue weighted by molar-refractivity contribution is 5.70. The van der Waals surface area contributed by atoms with Crippen molar-refractivity contribution in [3.63, 3.8) is 0 Å². The molecule has 0 aromatic heterocycles. The topological polar surface area (TPSA) is 35.5 Å². The molecule has 0 aliphatic carbocycles. The lowest BCUT2D eigenvalue weighted by atomic mass is 10.1. The summed E-state index contributed by atoms with van der Waals surface area (Å²) in [6, 6.07) is 8.50. The van der Waals surface area contributed by atoms with Gasteiger partial charge < -0.3 is 37.9 Å². The van der Waals surface area contributed by atoms with Crippen LogP contribution >= 0.6 is 0 Å². The number of halogens is 1. The number of morpholine rings is 1. The zero-order valence-electron chi connectivity index (χ0n) is 13.5. The van der Waals surface area contributed by atoms with Crippen LogP contribution in [-0.2, 0) is 20.7 Å². The highest BCUT2D eigenvalue weighted by atomic mass is 127. The van der Waals surface area contributed by atoms with Crippen molar-refractivity contribution in [2.24, 2.45) is 0 Å². The molecular weight excluding hydrogens is 393 g/mol. The lowest BCUT2D eigenvalue weighted by Crippen LogP contribution is -3.00. The first-order valence-corrected chi connectivity index (χ1v) is 7.70. The molecular formula is C17H26INO3. The second-order valence-corrected chi connectivity index (χ2v) is 6.15. The molecule has 0 radical (unpaired) electrons. The molecule has 1 aromatic rings. The van der Waals surface area contributed by atoms with Crippen LogP contribution in [0, 0.1) is 6.92 Å². The summed E-state index contributed by atoms with van der Waals surface area (Å²) in [6.07, 6.45) is 1.83. The summed E-state index contributed by atoms with van der Waals surface area (Å²) in [6.45, 7) is 6.28. The maximum absolute atomic E-state index is 11.9. The summed E-state index contributed by atoms with van der Waals surface area (Å²) in [4.78, 5) is 11.9. The van der Waals surface area contributed by atoms with Crippen LogP contribution in [0.15, 0.2) is 24.3 Å². The van der Waals surface area contributed by atoms with E-state index in [0.29, 0.717) is 13.2 Å². The van der Waals surface area contributed by atoms with Crippen LogP contribution in [0.5, 0.6) is 0 Å². The minimum Gasteiger partial charge on any atom is -1.00 e. The zero-order chi connectivity index (χ0) is 15.1. The second-order valence-electron chi connectivity index (χ2n) is 6.15. The molecule has 5 heteroatoms. The molecule has 0 spiro atoms. The number of esters is 1. The van der Waals surface area contributed by atoms with Gasteiger partial charge in [-0.05, 0) is 25.3 Å². The molecule has 1 aliphatic rings. The Morgan fingerprint density at radius 2 is 1.86 bits per heavy atom. The molecule has 0 unspecified atom stereocenters. The van der Waals surface area contributed by atoms with Gasteiger partial charge in [-0.25, -0.2) is 4.79 Å². The van der Waals surface area contributed by atoms with E-state index in [1.54, 1.807) is 0 Å². The molecule has 2 rings (SSSR count). The standard InChI is InChI=1S/C17H26NO3.HI/c1-15-5-7-16(8-6-15)4-3-11-21-17(19)14-18(2)9-12-20-13-10-18;/h5-8H,3-4,9-14H2,1-2H3;1H/q+1;/p-1. The summed E-state index contributed by atoms with van der Waals surface area (Å²) in [5.74, 6) is -0.0942. The average molecular weight is 419 g/mol. The average Bonchev–Trinajstić information content (AvgIpc) is 2.46. The van der Waals surface area contributed by atoms with E-state index < -0.39 is 0 Å². The van der Waals surface area contributed by atoms with Gasteiger partial charge in [0.1, 0.15) is 13.1 Å². The Kier molecular flexibility index (Phi) is 8.35. The van der Waals surface area contributed by atoms with Crippen molar-refractivity contribution in [2.45, 2.75) is 19.8 Å². The number of aryl methyl sites for hydroxylation is 2. The third-order valence-corrected chi connectivity index (χ3v) is 4.06. The van der Waals surface area contributed by atoms with E-state index in [9.17, 15) is 4.79 Å². The Balaban J connectivity index is 0.00000242. The van der Waals surface area contributed by atoms with E-state index in [-0.39, 0.29) is 29.9 Å². The van der Waals surface area contributed by atoms with E-state index >= 15 is 0 Å². The normalized spacial score (nSPS) is 16.6. The lowest BCUT2D eigenvalue weighted by molar-refractivity contribution is -0.910. The number of quaternary nitrogens is 1. The first-order chi connectivity index (χ1) is 10.1. The number of nitrogens with zero attached hydrogens (tertiary/aromatic N) is 1. The fraction of sp³-hybridized carbons (Fsp3) is 0.588. The third kappa shape index (κ3) is 6.62. The molecule has 1 aliphatic heterocycles. The first kappa shape index (κ1) is 19.4. The highest BCUT2D eigenvalue weighted by Gasteiger charge is 2.28. The number of likely N-dealkylation sites (N-methyl/N-ethyl adjacent to an activating group) is 1. The van der Waals surface area contributed by atoms with Gasteiger partial charge in [0.05, 0.1) is 26.9 Å². The predicted octanol–water partition coefficient (Wildman–Crippen LogP) is -1.05. The van der Waals surface area contributed by atoms with Crippen molar-refractivity contribution < 1.29 is 42.7 Å². The highest BCUT2D eigenvalue weighted by Crippen LogP contribution is 2.09. The summed E-state index contributed by atoms with van der Waals surface area (Å²) in [7, 11) is 2.09. The first-order valence-electron chi connectivity index (χ1n) is 7.70. The fourth-order valence-corrected chi connectivity index (χ4v) is 2.52. The van der Waals surface area contributed by atoms with Gasteiger partial charge in [-0.15, -0.1) is 0 Å². The Hall–Kier alpha value is -0.660. The number of rotatable bonds is 6. The largest absolute Gasteiger partial charge is 1.00 e. The maximum Gasteiger partial charge on any atom is 0.361 e. The van der Waals surface area contributed by atoms with E-state index in [4.69, 9.17) is 9.47 Å². The van der Waals surface area contributed by atoms with Crippen LogP contribution in [0.25, 0.3) is 0 Å². The summed E-state index contributed by atoms with van der Waals surface area (Å²) < 4.78 is 11.4. The Labute approximate surface area is 150 Å². The van der Waals surface area contributed by atoms with Gasteiger partial charge in [0.15, 0.2) is 6.54 Å². The van der Waals surface area contributed by atoms with Gasteiger partial charge in [-0.3, -0.25) is 0 Å². The summed E-state index contributed by atoms with van der Waals surface area (Å²) >= 11 is 0. The van der Waals surface area contributed by atoms with Crippen LogP contribution in [0.3, 0.4) is 0 Å². The zero-order valence-corrected chi connectivity index (χ0v) is 15.7. The molecule has 124 valence electrons. The molecule has 0 saturated carbocycles. The van der Waals surface area contributed by atoms with Gasteiger partial charge in [-0.2, -0.15) is 0 Å². The van der Waals surface area contributed by atoms with Crippen molar-refractivity contribution in [2.75, 3.05) is 46.5 Å². The molecule has 1 fully saturated rings. The molecule has 1 heterocycles. The quantitative estimate of drug-likeness (QED) is 0.256. The van der Waals surface area contributed by atoms with Gasteiger partial charge in [0, 0.05) is 0 Å². The second kappa shape index (κ2) is 9.47. The predicted molar refractivity (Wildman–Crippen MR) is 82.1 cm³/mol. The minimum atomic E-state index is -0.0942.